The smallest absolute Gasteiger partial charge is 0.337 e. The first-order valence-electron chi connectivity index (χ1n) is 8.68. The van der Waals surface area contributed by atoms with E-state index < -0.39 is 5.60 Å². The highest BCUT2D eigenvalue weighted by Gasteiger charge is 2.29. The van der Waals surface area contributed by atoms with Crippen LogP contribution in [0.25, 0.3) is 11.5 Å². The van der Waals surface area contributed by atoms with Crippen LogP contribution in [0.1, 0.15) is 44.6 Å². The fourth-order valence-corrected chi connectivity index (χ4v) is 2.57. The summed E-state index contributed by atoms with van der Waals surface area (Å²) < 4.78 is 16.1. The molecule has 0 amide bonds. The number of nitrogens with zero attached hydrogens (tertiary/aromatic N) is 1. The van der Waals surface area contributed by atoms with Crippen molar-refractivity contribution in [1.29, 1.82) is 0 Å². The number of ether oxygens (including phenoxy) is 2. The normalized spacial score (nSPS) is 11.5. The lowest BCUT2D eigenvalue weighted by molar-refractivity contribution is -0.165. The van der Waals surface area contributed by atoms with Gasteiger partial charge in [0.15, 0.2) is 5.60 Å². The number of aryl methyl sites for hydroxylation is 2. The first kappa shape index (κ1) is 19.2. The van der Waals surface area contributed by atoms with Crippen molar-refractivity contribution in [1.82, 2.24) is 4.98 Å². The fourth-order valence-electron chi connectivity index (χ4n) is 2.57. The minimum absolute atomic E-state index is 0.348. The van der Waals surface area contributed by atoms with E-state index >= 15 is 0 Å². The number of carbonyl (C=O) groups excluding carboxylic acids is 1. The number of rotatable bonds is 9. The Balaban J connectivity index is 1.74. The van der Waals surface area contributed by atoms with Gasteiger partial charge in [-0.25, -0.2) is 9.78 Å². The summed E-state index contributed by atoms with van der Waals surface area (Å²) in [6, 6.07) is 9.92. The Labute approximate surface area is 149 Å². The Hall–Kier alpha value is -2.14. The molecule has 0 aliphatic rings. The molecule has 5 heteroatoms. The molecular weight excluding hydrogens is 318 g/mol. The maximum absolute atomic E-state index is 11.5. The molecule has 0 aliphatic heterocycles. The number of unbranched alkanes of at least 4 members (excludes halogenated alkanes) is 2. The molecule has 0 aliphatic carbocycles. The van der Waals surface area contributed by atoms with Crippen LogP contribution < -0.4 is 0 Å². The van der Waals surface area contributed by atoms with Crippen LogP contribution in [0.15, 0.2) is 34.7 Å². The Morgan fingerprint density at radius 2 is 1.88 bits per heavy atom. The Morgan fingerprint density at radius 3 is 2.56 bits per heavy atom. The summed E-state index contributed by atoms with van der Waals surface area (Å²) in [5, 5.41) is 0. The molecule has 2 rings (SSSR count). The van der Waals surface area contributed by atoms with Crippen LogP contribution >= 0.6 is 0 Å². The maximum atomic E-state index is 11.5. The van der Waals surface area contributed by atoms with Gasteiger partial charge in [-0.3, -0.25) is 0 Å². The summed E-state index contributed by atoms with van der Waals surface area (Å²) in [6.45, 7) is 5.94. The summed E-state index contributed by atoms with van der Waals surface area (Å²) in [5.41, 5.74) is 1.12. The predicted molar refractivity (Wildman–Crippen MR) is 96.3 cm³/mol. The molecule has 136 valence electrons. The third kappa shape index (κ3) is 5.43. The number of hydrogen-bond acceptors (Lipinski definition) is 5. The Bertz CT molecular complexity index is 676. The third-order valence-corrected chi connectivity index (χ3v) is 4.11. The van der Waals surface area contributed by atoms with Crippen LogP contribution in [0.5, 0.6) is 0 Å². The van der Waals surface area contributed by atoms with Crippen LogP contribution in [0, 0.1) is 6.92 Å². The first-order chi connectivity index (χ1) is 11.9. The van der Waals surface area contributed by atoms with E-state index in [0.29, 0.717) is 12.5 Å². The second-order valence-corrected chi connectivity index (χ2v) is 6.55. The van der Waals surface area contributed by atoms with Crippen molar-refractivity contribution >= 4 is 5.97 Å². The largest absolute Gasteiger partial charge is 0.467 e. The van der Waals surface area contributed by atoms with E-state index in [1.807, 2.05) is 37.3 Å². The quantitative estimate of drug-likeness (QED) is 0.500. The van der Waals surface area contributed by atoms with Gasteiger partial charge < -0.3 is 13.9 Å². The number of esters is 1. The molecule has 0 atom stereocenters. The summed E-state index contributed by atoms with van der Waals surface area (Å²) in [6.07, 6.45) is 3.78. The van der Waals surface area contributed by atoms with E-state index in [-0.39, 0.29) is 5.97 Å². The number of benzene rings is 1. The van der Waals surface area contributed by atoms with Crippen LogP contribution in [0.4, 0.5) is 0 Å². The SMILES string of the molecule is COC(=O)C(C)(C)OCCCCCc1nc(-c2ccccc2)oc1C. The first-order valence-corrected chi connectivity index (χ1v) is 8.68. The van der Waals surface area contributed by atoms with E-state index in [0.717, 1.165) is 42.7 Å². The van der Waals surface area contributed by atoms with Crippen molar-refractivity contribution in [2.24, 2.45) is 0 Å². The van der Waals surface area contributed by atoms with Crippen molar-refractivity contribution in [3.8, 4) is 11.5 Å². The molecule has 5 nitrogen and oxygen atoms in total. The monoisotopic (exact) mass is 345 g/mol. The zero-order chi connectivity index (χ0) is 18.3. The molecule has 0 fully saturated rings. The van der Waals surface area contributed by atoms with Gasteiger partial charge in [0.2, 0.25) is 5.89 Å². The van der Waals surface area contributed by atoms with Crippen LogP contribution in [-0.2, 0) is 20.7 Å². The molecule has 1 aromatic carbocycles. The van der Waals surface area contributed by atoms with E-state index in [2.05, 4.69) is 4.98 Å². The fraction of sp³-hybridized carbons (Fsp3) is 0.500. The number of carbonyl (C=O) groups is 1. The minimum atomic E-state index is -0.887. The van der Waals surface area contributed by atoms with Gasteiger partial charge >= 0.3 is 5.97 Å². The van der Waals surface area contributed by atoms with E-state index in [1.165, 1.54) is 7.11 Å². The number of hydrogen-bond donors (Lipinski definition) is 0. The molecule has 2 aromatic rings. The lowest BCUT2D eigenvalue weighted by atomic mass is 10.1. The zero-order valence-corrected chi connectivity index (χ0v) is 15.5. The third-order valence-electron chi connectivity index (χ3n) is 4.11. The zero-order valence-electron chi connectivity index (χ0n) is 15.5. The molecule has 25 heavy (non-hydrogen) atoms. The second kappa shape index (κ2) is 8.81. The van der Waals surface area contributed by atoms with E-state index in [1.54, 1.807) is 13.8 Å². The number of methoxy groups -OCH3 is 1. The summed E-state index contributed by atoms with van der Waals surface area (Å²) in [4.78, 5) is 16.1. The van der Waals surface area contributed by atoms with Gasteiger partial charge in [0.05, 0.1) is 12.8 Å². The highest BCUT2D eigenvalue weighted by molar-refractivity contribution is 5.78. The van der Waals surface area contributed by atoms with Gasteiger partial charge in [0.1, 0.15) is 5.76 Å². The number of oxazole rings is 1. The van der Waals surface area contributed by atoms with Crippen LogP contribution in [0.2, 0.25) is 0 Å². The second-order valence-electron chi connectivity index (χ2n) is 6.55. The molecule has 1 aromatic heterocycles. The minimum Gasteiger partial charge on any atom is -0.467 e. The summed E-state index contributed by atoms with van der Waals surface area (Å²) >= 11 is 0. The molecule has 0 bridgehead atoms. The molecular formula is C20H27NO4. The average molecular weight is 345 g/mol. The van der Waals surface area contributed by atoms with Crippen LogP contribution in [-0.4, -0.2) is 30.3 Å². The lowest BCUT2D eigenvalue weighted by Gasteiger charge is -2.21. The van der Waals surface area contributed by atoms with Gasteiger partial charge in [-0.2, -0.15) is 0 Å². The average Bonchev–Trinajstić information content (AvgIpc) is 2.98. The molecule has 0 N–H and O–H groups in total. The maximum Gasteiger partial charge on any atom is 0.337 e. The van der Waals surface area contributed by atoms with Gasteiger partial charge in [-0.05, 0) is 52.2 Å². The van der Waals surface area contributed by atoms with Crippen molar-refractivity contribution in [2.75, 3.05) is 13.7 Å². The van der Waals surface area contributed by atoms with Crippen LogP contribution in [0.3, 0.4) is 0 Å². The van der Waals surface area contributed by atoms with Gasteiger partial charge in [0.25, 0.3) is 0 Å². The topological polar surface area (TPSA) is 61.6 Å². The van der Waals surface area contributed by atoms with Crippen molar-refractivity contribution in [2.45, 2.75) is 52.1 Å². The van der Waals surface area contributed by atoms with Gasteiger partial charge in [-0.1, -0.05) is 24.6 Å². The molecule has 1 heterocycles. The summed E-state index contributed by atoms with van der Waals surface area (Å²) in [7, 11) is 1.37. The number of aromatic nitrogens is 1. The molecule has 0 saturated carbocycles. The standard InChI is InChI=1S/C20H27NO4/c1-15-17(21-18(25-15)16-11-7-5-8-12-16)13-9-6-10-14-24-20(2,3)19(22)23-4/h5,7-8,11-12H,6,9-10,13-14H2,1-4H3. The lowest BCUT2D eigenvalue weighted by Crippen LogP contribution is -2.36. The highest BCUT2D eigenvalue weighted by atomic mass is 16.6. The molecule has 0 saturated heterocycles. The predicted octanol–water partition coefficient (Wildman–Crippen LogP) is 4.33. The van der Waals surface area contributed by atoms with E-state index in [9.17, 15) is 4.79 Å². The van der Waals surface area contributed by atoms with Crippen molar-refractivity contribution in [3.05, 3.63) is 41.8 Å². The Morgan fingerprint density at radius 1 is 1.16 bits per heavy atom. The van der Waals surface area contributed by atoms with E-state index in [4.69, 9.17) is 13.9 Å². The Kier molecular flexibility index (Phi) is 6.76. The molecule has 0 spiro atoms. The van der Waals surface area contributed by atoms with Gasteiger partial charge in [-0.15, -0.1) is 0 Å². The highest BCUT2D eigenvalue weighted by Crippen LogP contribution is 2.22. The summed E-state index contributed by atoms with van der Waals surface area (Å²) in [5.74, 6) is 1.21. The molecule has 0 radical (unpaired) electrons. The van der Waals surface area contributed by atoms with Crippen molar-refractivity contribution in [3.63, 3.8) is 0 Å². The van der Waals surface area contributed by atoms with Gasteiger partial charge in [0, 0.05) is 12.2 Å². The molecule has 0 unspecified atom stereocenters. The van der Waals surface area contributed by atoms with Crippen molar-refractivity contribution < 1.29 is 18.7 Å².